The topological polar surface area (TPSA) is 132 Å². The van der Waals surface area contributed by atoms with E-state index in [2.05, 4.69) is 15.6 Å². The molecule has 2 aromatic rings. The molecule has 0 spiro atoms. The lowest BCUT2D eigenvalue weighted by atomic mass is 9.81. The second-order valence-electron chi connectivity index (χ2n) is 10.0. The number of nitrogens with one attached hydrogen (secondary N) is 2. The Labute approximate surface area is 220 Å². The minimum atomic E-state index is -0.618. The van der Waals surface area contributed by atoms with Crippen LogP contribution in [0, 0.1) is 11.8 Å². The maximum absolute atomic E-state index is 13.1. The van der Waals surface area contributed by atoms with Crippen molar-refractivity contribution in [2.24, 2.45) is 23.3 Å². The van der Waals surface area contributed by atoms with Gasteiger partial charge >= 0.3 is 0 Å². The number of carbonyl (C=O) groups excluding carboxylic acids is 2. The number of benzene rings is 1. The first-order valence-corrected chi connectivity index (χ1v) is 13.7. The van der Waals surface area contributed by atoms with Gasteiger partial charge in [0.25, 0.3) is 0 Å². The van der Waals surface area contributed by atoms with Crippen molar-refractivity contribution < 1.29 is 14.3 Å². The second kappa shape index (κ2) is 16.0. The van der Waals surface area contributed by atoms with Crippen molar-refractivity contribution in [3.8, 4) is 5.75 Å². The van der Waals surface area contributed by atoms with Crippen LogP contribution in [0.2, 0.25) is 0 Å². The molecule has 0 aliphatic heterocycles. The third-order valence-electron chi connectivity index (χ3n) is 7.13. The van der Waals surface area contributed by atoms with Crippen LogP contribution in [0.3, 0.4) is 0 Å². The van der Waals surface area contributed by atoms with Crippen molar-refractivity contribution in [2.45, 2.75) is 70.4 Å². The minimum Gasteiger partial charge on any atom is -0.489 e. The molecule has 202 valence electrons. The molecule has 2 amide bonds. The van der Waals surface area contributed by atoms with Gasteiger partial charge in [0.2, 0.25) is 11.8 Å². The van der Waals surface area contributed by atoms with Crippen LogP contribution in [0.1, 0.15) is 62.5 Å². The van der Waals surface area contributed by atoms with Crippen LogP contribution in [-0.2, 0) is 22.6 Å². The van der Waals surface area contributed by atoms with Gasteiger partial charge in [-0.15, -0.1) is 0 Å². The van der Waals surface area contributed by atoms with Gasteiger partial charge in [-0.1, -0.05) is 25.0 Å². The first-order chi connectivity index (χ1) is 18.1. The molecular formula is C29H43N5O3. The molecule has 1 aliphatic carbocycles. The third-order valence-corrected chi connectivity index (χ3v) is 7.13. The molecule has 0 saturated heterocycles. The average Bonchev–Trinajstić information content (AvgIpc) is 2.94. The van der Waals surface area contributed by atoms with Crippen LogP contribution >= 0.6 is 0 Å². The highest BCUT2D eigenvalue weighted by Crippen LogP contribution is 2.28. The fraction of sp³-hybridized carbons (Fsp3) is 0.552. The van der Waals surface area contributed by atoms with Gasteiger partial charge < -0.3 is 26.8 Å². The van der Waals surface area contributed by atoms with Crippen molar-refractivity contribution in [3.05, 3.63) is 59.9 Å². The molecule has 1 atom stereocenters. The fourth-order valence-electron chi connectivity index (χ4n) is 4.72. The summed E-state index contributed by atoms with van der Waals surface area (Å²) in [5, 5.41) is 6.08. The number of hydrogen-bond acceptors (Lipinski definition) is 6. The summed E-state index contributed by atoms with van der Waals surface area (Å²) in [6.07, 6.45) is 11.5. The standard InChI is InChI=1S/C29H43N5O3/c30-15-3-1-2-4-16-33-29(36)27(34-28(35)25-9-5-23(20-31)6-10-25)19-22-7-11-26(12-8-22)37-21-24-13-17-32-18-14-24/h7-8,11-14,17-18,23,25,27H,1-6,9-10,15-16,19-21,30-31H2,(H,33,36)(H,34,35)/t23?,25?,27-/m0/s1. The Morgan fingerprint density at radius 1 is 0.919 bits per heavy atom. The normalized spacial score (nSPS) is 18.1. The van der Waals surface area contributed by atoms with Gasteiger partial charge in [-0.25, -0.2) is 0 Å². The van der Waals surface area contributed by atoms with E-state index in [9.17, 15) is 9.59 Å². The number of rotatable bonds is 15. The van der Waals surface area contributed by atoms with Crippen molar-refractivity contribution in [3.63, 3.8) is 0 Å². The predicted octanol–water partition coefficient (Wildman–Crippen LogP) is 3.09. The number of amides is 2. The number of nitrogens with zero attached hydrogens (tertiary/aromatic N) is 1. The average molecular weight is 510 g/mol. The van der Waals surface area contributed by atoms with Crippen LogP contribution < -0.4 is 26.8 Å². The number of nitrogens with two attached hydrogens (primary N) is 2. The molecule has 1 aromatic heterocycles. The van der Waals surface area contributed by atoms with Gasteiger partial charge in [0, 0.05) is 31.3 Å². The Balaban J connectivity index is 1.56. The summed E-state index contributed by atoms with van der Waals surface area (Å²) in [6, 6.07) is 10.9. The molecule has 0 radical (unpaired) electrons. The molecule has 1 saturated carbocycles. The predicted molar refractivity (Wildman–Crippen MR) is 146 cm³/mol. The van der Waals surface area contributed by atoms with E-state index in [1.807, 2.05) is 36.4 Å². The van der Waals surface area contributed by atoms with Crippen molar-refractivity contribution in [1.29, 1.82) is 0 Å². The number of ether oxygens (including phenoxy) is 1. The zero-order valence-electron chi connectivity index (χ0n) is 21.9. The van der Waals surface area contributed by atoms with E-state index in [0.717, 1.165) is 68.2 Å². The summed E-state index contributed by atoms with van der Waals surface area (Å²) in [4.78, 5) is 30.2. The Bertz CT molecular complexity index is 930. The highest BCUT2D eigenvalue weighted by molar-refractivity contribution is 5.88. The Morgan fingerprint density at radius 3 is 2.30 bits per heavy atom. The molecule has 1 fully saturated rings. The molecule has 0 bridgehead atoms. The summed E-state index contributed by atoms with van der Waals surface area (Å²) >= 11 is 0. The van der Waals surface area contributed by atoms with Gasteiger partial charge in [-0.2, -0.15) is 0 Å². The molecule has 37 heavy (non-hydrogen) atoms. The number of hydrogen-bond donors (Lipinski definition) is 4. The number of unbranched alkanes of at least 4 members (excludes halogenated alkanes) is 3. The summed E-state index contributed by atoms with van der Waals surface area (Å²) in [5.41, 5.74) is 13.4. The molecule has 1 aliphatic rings. The van der Waals surface area contributed by atoms with E-state index in [1.165, 1.54) is 0 Å². The smallest absolute Gasteiger partial charge is 0.242 e. The summed E-state index contributed by atoms with van der Waals surface area (Å²) in [6.45, 7) is 2.42. The molecule has 8 nitrogen and oxygen atoms in total. The fourth-order valence-corrected chi connectivity index (χ4v) is 4.72. The molecule has 1 heterocycles. The summed E-state index contributed by atoms with van der Waals surface area (Å²) < 4.78 is 5.86. The molecular weight excluding hydrogens is 466 g/mol. The zero-order valence-corrected chi connectivity index (χ0v) is 21.9. The third kappa shape index (κ3) is 10.1. The highest BCUT2D eigenvalue weighted by Gasteiger charge is 2.29. The molecule has 1 aromatic carbocycles. The van der Waals surface area contributed by atoms with Gasteiger partial charge in [0.05, 0.1) is 0 Å². The maximum atomic E-state index is 13.1. The monoisotopic (exact) mass is 509 g/mol. The Kier molecular flexibility index (Phi) is 12.4. The van der Waals surface area contributed by atoms with Crippen LogP contribution in [-0.4, -0.2) is 42.5 Å². The lowest BCUT2D eigenvalue weighted by Crippen LogP contribution is -2.50. The second-order valence-corrected chi connectivity index (χ2v) is 10.0. The number of aromatic nitrogens is 1. The first-order valence-electron chi connectivity index (χ1n) is 13.7. The maximum Gasteiger partial charge on any atom is 0.242 e. The Morgan fingerprint density at radius 2 is 1.62 bits per heavy atom. The van der Waals surface area contributed by atoms with Crippen LogP contribution in [0.4, 0.5) is 0 Å². The largest absolute Gasteiger partial charge is 0.489 e. The van der Waals surface area contributed by atoms with E-state index >= 15 is 0 Å². The minimum absolute atomic E-state index is 0.0316. The number of pyridine rings is 1. The van der Waals surface area contributed by atoms with E-state index in [1.54, 1.807) is 12.4 Å². The van der Waals surface area contributed by atoms with Gasteiger partial charge in [0.15, 0.2) is 0 Å². The van der Waals surface area contributed by atoms with Crippen LogP contribution in [0.5, 0.6) is 5.75 Å². The van der Waals surface area contributed by atoms with Crippen molar-refractivity contribution in [1.82, 2.24) is 15.6 Å². The summed E-state index contributed by atoms with van der Waals surface area (Å²) in [7, 11) is 0. The van der Waals surface area contributed by atoms with E-state index in [0.29, 0.717) is 38.6 Å². The molecule has 8 heteroatoms. The van der Waals surface area contributed by atoms with E-state index < -0.39 is 6.04 Å². The van der Waals surface area contributed by atoms with E-state index in [-0.39, 0.29) is 17.7 Å². The molecule has 6 N–H and O–H groups in total. The summed E-state index contributed by atoms with van der Waals surface area (Å²) in [5.74, 6) is 1.02. The zero-order chi connectivity index (χ0) is 26.3. The van der Waals surface area contributed by atoms with Crippen molar-refractivity contribution in [2.75, 3.05) is 19.6 Å². The lowest BCUT2D eigenvalue weighted by molar-refractivity contribution is -0.131. The number of carbonyl (C=O) groups is 2. The van der Waals surface area contributed by atoms with E-state index in [4.69, 9.17) is 16.2 Å². The molecule has 3 rings (SSSR count). The van der Waals surface area contributed by atoms with Crippen LogP contribution in [0.25, 0.3) is 0 Å². The van der Waals surface area contributed by atoms with Crippen LogP contribution in [0.15, 0.2) is 48.8 Å². The van der Waals surface area contributed by atoms with Crippen molar-refractivity contribution >= 4 is 11.8 Å². The lowest BCUT2D eigenvalue weighted by Gasteiger charge is -2.28. The van der Waals surface area contributed by atoms with Gasteiger partial charge in [-0.3, -0.25) is 14.6 Å². The SMILES string of the molecule is NCCCCCCNC(=O)[C@H](Cc1ccc(OCc2ccncc2)cc1)NC(=O)C1CCC(CN)CC1. The Hall–Kier alpha value is -2.97. The highest BCUT2D eigenvalue weighted by atomic mass is 16.5. The first kappa shape index (κ1) is 28.6. The molecule has 0 unspecified atom stereocenters. The quantitative estimate of drug-likeness (QED) is 0.273. The van der Waals surface area contributed by atoms with Gasteiger partial charge in [0.1, 0.15) is 18.4 Å². The van der Waals surface area contributed by atoms with Gasteiger partial charge in [-0.05, 0) is 92.9 Å².